The Labute approximate surface area is 63.1 Å². The summed E-state index contributed by atoms with van der Waals surface area (Å²) in [5, 5.41) is 0. The van der Waals surface area contributed by atoms with Gasteiger partial charge in [-0.1, -0.05) is 0 Å². The van der Waals surface area contributed by atoms with Crippen LogP contribution in [0.3, 0.4) is 0 Å². The largest absolute Gasteiger partial charge is 0.464 e. The number of nitrogens with two attached hydrogens (primary N) is 2. The number of rotatable bonds is 3. The second-order valence-corrected chi connectivity index (χ2v) is 1.58. The normalized spacial score (nSPS) is 11.5. The zero-order chi connectivity index (χ0) is 8.85. The molecule has 62 valence electrons. The molecule has 11 heavy (non-hydrogen) atoms. The fraction of sp³-hybridized carbons (Fsp3) is 0.200. The number of nitrogens with one attached hydrogen (secondary N) is 1. The van der Waals surface area contributed by atoms with Gasteiger partial charge < -0.3 is 15.9 Å². The van der Waals surface area contributed by atoms with Gasteiger partial charge in [0.05, 0.1) is 7.11 Å². The Kier molecular flexibility index (Phi) is 3.68. The van der Waals surface area contributed by atoms with Crippen LogP contribution in [-0.4, -0.2) is 19.4 Å². The topological polar surface area (TPSA) is 107 Å². The fourth-order valence-electron chi connectivity index (χ4n) is 0.421. The maximum atomic E-state index is 10.7. The number of hydrogen-bond donors (Lipinski definition) is 3. The summed E-state index contributed by atoms with van der Waals surface area (Å²) < 4.78 is 4.25. The zero-order valence-electron chi connectivity index (χ0n) is 5.96. The summed E-state index contributed by atoms with van der Waals surface area (Å²) in [7, 11) is 1.15. The summed E-state index contributed by atoms with van der Waals surface area (Å²) in [5.41, 5.74) is 6.48. The molecule has 0 amide bonds. The minimum Gasteiger partial charge on any atom is -0.464 e. The predicted octanol–water partition coefficient (Wildman–Crippen LogP) is -2.01. The molecule has 0 saturated heterocycles. The Morgan fingerprint density at radius 2 is 2.18 bits per heavy atom. The molecular formula is C5H9N3O3. The van der Waals surface area contributed by atoms with E-state index in [0.29, 0.717) is 6.29 Å². The van der Waals surface area contributed by atoms with Gasteiger partial charge in [-0.05, 0) is 0 Å². The average Bonchev–Trinajstić information content (AvgIpc) is 2.05. The van der Waals surface area contributed by atoms with E-state index < -0.39 is 5.97 Å². The second kappa shape index (κ2) is 4.29. The highest BCUT2D eigenvalue weighted by Crippen LogP contribution is 1.92. The Morgan fingerprint density at radius 3 is 2.45 bits per heavy atom. The van der Waals surface area contributed by atoms with E-state index in [1.807, 2.05) is 5.43 Å². The number of hydrogen-bond acceptors (Lipinski definition) is 6. The van der Waals surface area contributed by atoms with Gasteiger partial charge in [0.15, 0.2) is 12.0 Å². The third-order valence-electron chi connectivity index (χ3n) is 0.949. The molecule has 0 unspecified atom stereocenters. The fourth-order valence-corrected chi connectivity index (χ4v) is 0.421. The van der Waals surface area contributed by atoms with E-state index in [2.05, 4.69) is 4.74 Å². The summed E-state index contributed by atoms with van der Waals surface area (Å²) in [5.74, 6) is 4.10. The average molecular weight is 159 g/mol. The first-order valence-electron chi connectivity index (χ1n) is 2.67. The van der Waals surface area contributed by atoms with Crippen LogP contribution in [0.4, 0.5) is 0 Å². The molecule has 5 N–H and O–H groups in total. The summed E-state index contributed by atoms with van der Waals surface area (Å²) in [6.45, 7) is 0. The molecule has 0 heterocycles. The Hall–Kier alpha value is -1.56. The van der Waals surface area contributed by atoms with Gasteiger partial charge in [-0.15, -0.1) is 0 Å². The summed E-state index contributed by atoms with van der Waals surface area (Å²) in [6.07, 6.45) is 0.298. The SMILES string of the molecule is COC(=O)/C(NN)=C(/N)C=O. The first-order chi connectivity index (χ1) is 5.17. The van der Waals surface area contributed by atoms with Crippen LogP contribution in [0.5, 0.6) is 0 Å². The van der Waals surface area contributed by atoms with Crippen LogP contribution < -0.4 is 17.0 Å². The van der Waals surface area contributed by atoms with Gasteiger partial charge in [0.25, 0.3) is 0 Å². The minimum atomic E-state index is -0.780. The van der Waals surface area contributed by atoms with Crippen LogP contribution in [0.1, 0.15) is 0 Å². The van der Waals surface area contributed by atoms with E-state index in [9.17, 15) is 9.59 Å². The van der Waals surface area contributed by atoms with Crippen LogP contribution in [0.25, 0.3) is 0 Å². The van der Waals surface area contributed by atoms with Gasteiger partial charge in [-0.25, -0.2) is 4.79 Å². The lowest BCUT2D eigenvalue weighted by Gasteiger charge is -2.03. The lowest BCUT2D eigenvalue weighted by Crippen LogP contribution is -2.31. The third-order valence-corrected chi connectivity index (χ3v) is 0.949. The van der Waals surface area contributed by atoms with Crippen molar-refractivity contribution in [1.29, 1.82) is 0 Å². The summed E-state index contributed by atoms with van der Waals surface area (Å²) in [6, 6.07) is 0. The van der Waals surface area contributed by atoms with Crippen LogP contribution in [-0.2, 0) is 14.3 Å². The van der Waals surface area contributed by atoms with Crippen molar-refractivity contribution in [3.63, 3.8) is 0 Å². The van der Waals surface area contributed by atoms with Crippen LogP contribution in [0.2, 0.25) is 0 Å². The van der Waals surface area contributed by atoms with Crippen molar-refractivity contribution in [2.45, 2.75) is 0 Å². The lowest BCUT2D eigenvalue weighted by molar-refractivity contribution is -0.136. The number of carbonyl (C=O) groups is 2. The molecule has 0 fully saturated rings. The molecule has 0 atom stereocenters. The van der Waals surface area contributed by atoms with Crippen LogP contribution >= 0.6 is 0 Å². The molecule has 6 nitrogen and oxygen atoms in total. The van der Waals surface area contributed by atoms with Crippen molar-refractivity contribution in [2.24, 2.45) is 11.6 Å². The van der Waals surface area contributed by atoms with E-state index in [1.54, 1.807) is 0 Å². The maximum absolute atomic E-state index is 10.7. The summed E-state index contributed by atoms with van der Waals surface area (Å²) in [4.78, 5) is 20.7. The molecule has 0 aromatic rings. The highest BCUT2D eigenvalue weighted by molar-refractivity contribution is 5.94. The van der Waals surface area contributed by atoms with Gasteiger partial charge in [-0.3, -0.25) is 10.6 Å². The predicted molar refractivity (Wildman–Crippen MR) is 36.6 cm³/mol. The third kappa shape index (κ3) is 2.26. The van der Waals surface area contributed by atoms with E-state index in [1.165, 1.54) is 0 Å². The molecule has 0 rings (SSSR count). The van der Waals surface area contributed by atoms with Gasteiger partial charge in [0, 0.05) is 0 Å². The Balaban J connectivity index is 4.64. The molecule has 0 aliphatic rings. The van der Waals surface area contributed by atoms with Crippen molar-refractivity contribution >= 4 is 12.3 Å². The molecule has 0 aliphatic heterocycles. The van der Waals surface area contributed by atoms with E-state index >= 15 is 0 Å². The first kappa shape index (κ1) is 9.44. The van der Waals surface area contributed by atoms with Crippen molar-refractivity contribution in [1.82, 2.24) is 5.43 Å². The van der Waals surface area contributed by atoms with Crippen molar-refractivity contribution in [2.75, 3.05) is 7.11 Å². The smallest absolute Gasteiger partial charge is 0.357 e. The number of allylic oxidation sites excluding steroid dienone is 1. The van der Waals surface area contributed by atoms with Crippen molar-refractivity contribution in [3.8, 4) is 0 Å². The first-order valence-corrected chi connectivity index (χ1v) is 2.67. The van der Waals surface area contributed by atoms with Gasteiger partial charge in [0.1, 0.15) is 5.70 Å². The quantitative estimate of drug-likeness (QED) is 0.144. The molecule has 0 bridgehead atoms. The molecule has 6 heteroatoms. The standard InChI is InChI=1S/C5H9N3O3/c1-11-5(10)4(8-7)3(6)2-9/h2,8H,6-7H2,1H3/b4-3-. The molecule has 0 aromatic carbocycles. The Morgan fingerprint density at radius 1 is 1.64 bits per heavy atom. The monoisotopic (exact) mass is 159 g/mol. The van der Waals surface area contributed by atoms with E-state index in [0.717, 1.165) is 7.11 Å². The van der Waals surface area contributed by atoms with Crippen LogP contribution in [0, 0.1) is 0 Å². The van der Waals surface area contributed by atoms with E-state index in [-0.39, 0.29) is 11.4 Å². The highest BCUT2D eigenvalue weighted by Gasteiger charge is 2.11. The number of aldehydes is 1. The lowest BCUT2D eigenvalue weighted by atomic mass is 10.3. The number of carbonyl (C=O) groups excluding carboxylic acids is 2. The minimum absolute atomic E-state index is 0.248. The molecular weight excluding hydrogens is 150 g/mol. The number of esters is 1. The second-order valence-electron chi connectivity index (χ2n) is 1.58. The van der Waals surface area contributed by atoms with Gasteiger partial charge in [0.2, 0.25) is 0 Å². The molecule has 0 saturated carbocycles. The van der Waals surface area contributed by atoms with Crippen LogP contribution in [0.15, 0.2) is 11.4 Å². The number of ether oxygens (including phenoxy) is 1. The van der Waals surface area contributed by atoms with Crippen molar-refractivity contribution < 1.29 is 14.3 Å². The van der Waals surface area contributed by atoms with E-state index in [4.69, 9.17) is 11.6 Å². The zero-order valence-corrected chi connectivity index (χ0v) is 5.96. The number of methoxy groups -OCH3 is 1. The maximum Gasteiger partial charge on any atom is 0.357 e. The number of hydrazine groups is 1. The van der Waals surface area contributed by atoms with Crippen molar-refractivity contribution in [3.05, 3.63) is 11.4 Å². The highest BCUT2D eigenvalue weighted by atomic mass is 16.5. The molecule has 0 aliphatic carbocycles. The molecule has 0 aromatic heterocycles. The Bertz CT molecular complexity index is 199. The van der Waals surface area contributed by atoms with Gasteiger partial charge in [-0.2, -0.15) is 0 Å². The summed E-state index contributed by atoms with van der Waals surface area (Å²) >= 11 is 0. The van der Waals surface area contributed by atoms with Gasteiger partial charge >= 0.3 is 5.97 Å². The molecule has 0 radical (unpaired) electrons. The molecule has 0 spiro atoms.